The third-order valence-corrected chi connectivity index (χ3v) is 3.69. The lowest BCUT2D eigenvalue weighted by molar-refractivity contribution is 0.637. The summed E-state index contributed by atoms with van der Waals surface area (Å²) < 4.78 is 0. The lowest BCUT2D eigenvalue weighted by Crippen LogP contribution is -2.28. The monoisotopic (exact) mass is 282 g/mol. The van der Waals surface area contributed by atoms with Gasteiger partial charge < -0.3 is 0 Å². The molecule has 0 bridgehead atoms. The van der Waals surface area contributed by atoms with Crippen molar-refractivity contribution in [3.8, 4) is 0 Å². The van der Waals surface area contributed by atoms with E-state index < -0.39 is 0 Å². The Morgan fingerprint density at radius 2 is 1.55 bits per heavy atom. The summed E-state index contributed by atoms with van der Waals surface area (Å²) in [6.07, 6.45) is 0. The Kier molecular flexibility index (Phi) is 3.70. The summed E-state index contributed by atoms with van der Waals surface area (Å²) in [5.74, 6) is 5.74. The number of fused-ring (bicyclic) bond motifs is 1. The minimum atomic E-state index is -0.0710. The van der Waals surface area contributed by atoms with Gasteiger partial charge in [0, 0.05) is 5.02 Å². The molecular weight excluding hydrogens is 268 g/mol. The number of hydrogen-bond donors (Lipinski definition) is 2. The summed E-state index contributed by atoms with van der Waals surface area (Å²) in [6, 6.07) is 22.3. The van der Waals surface area contributed by atoms with Crippen LogP contribution in [0.25, 0.3) is 10.8 Å². The van der Waals surface area contributed by atoms with Gasteiger partial charge in [0.25, 0.3) is 0 Å². The van der Waals surface area contributed by atoms with E-state index in [1.807, 2.05) is 36.4 Å². The average molecular weight is 283 g/mol. The highest BCUT2D eigenvalue weighted by molar-refractivity contribution is 6.30. The van der Waals surface area contributed by atoms with Crippen LogP contribution in [0.15, 0.2) is 66.7 Å². The smallest absolute Gasteiger partial charge is 0.0710 e. The van der Waals surface area contributed by atoms with Crippen LogP contribution in [0.2, 0.25) is 5.02 Å². The van der Waals surface area contributed by atoms with Crippen molar-refractivity contribution in [1.82, 2.24) is 5.43 Å². The van der Waals surface area contributed by atoms with Gasteiger partial charge in [0.15, 0.2) is 0 Å². The van der Waals surface area contributed by atoms with Crippen LogP contribution in [-0.4, -0.2) is 0 Å². The zero-order chi connectivity index (χ0) is 13.9. The van der Waals surface area contributed by atoms with Gasteiger partial charge in [-0.1, -0.05) is 60.1 Å². The lowest BCUT2D eigenvalue weighted by atomic mass is 9.97. The SMILES string of the molecule is NNC(c1cccc(Cl)c1)c1ccc2ccccc2c1. The van der Waals surface area contributed by atoms with E-state index >= 15 is 0 Å². The molecule has 3 rings (SSSR count). The largest absolute Gasteiger partial charge is 0.271 e. The fourth-order valence-electron chi connectivity index (χ4n) is 2.46. The van der Waals surface area contributed by atoms with E-state index in [0.717, 1.165) is 11.1 Å². The van der Waals surface area contributed by atoms with Gasteiger partial charge in [0.1, 0.15) is 0 Å². The van der Waals surface area contributed by atoms with Crippen LogP contribution in [-0.2, 0) is 0 Å². The summed E-state index contributed by atoms with van der Waals surface area (Å²) >= 11 is 6.06. The zero-order valence-corrected chi connectivity index (χ0v) is 11.6. The van der Waals surface area contributed by atoms with Crippen molar-refractivity contribution in [1.29, 1.82) is 0 Å². The van der Waals surface area contributed by atoms with Crippen molar-refractivity contribution < 1.29 is 0 Å². The molecule has 0 aromatic heterocycles. The molecule has 2 nitrogen and oxygen atoms in total. The van der Waals surface area contributed by atoms with E-state index in [2.05, 4.69) is 35.8 Å². The summed E-state index contributed by atoms with van der Waals surface area (Å²) in [7, 11) is 0. The first-order chi connectivity index (χ1) is 9.78. The van der Waals surface area contributed by atoms with Crippen molar-refractivity contribution in [3.05, 3.63) is 82.9 Å². The van der Waals surface area contributed by atoms with Gasteiger partial charge in [-0.25, -0.2) is 5.43 Å². The normalized spacial score (nSPS) is 12.5. The highest BCUT2D eigenvalue weighted by atomic mass is 35.5. The molecular formula is C17H15ClN2. The Hall–Kier alpha value is -1.87. The molecule has 0 saturated carbocycles. The van der Waals surface area contributed by atoms with E-state index in [4.69, 9.17) is 17.4 Å². The third-order valence-electron chi connectivity index (χ3n) is 3.46. The minimum absolute atomic E-state index is 0.0710. The number of hydrogen-bond acceptors (Lipinski definition) is 2. The van der Waals surface area contributed by atoms with Crippen molar-refractivity contribution >= 4 is 22.4 Å². The zero-order valence-electron chi connectivity index (χ0n) is 10.9. The Morgan fingerprint density at radius 3 is 2.30 bits per heavy atom. The molecule has 0 aliphatic carbocycles. The molecule has 0 aliphatic heterocycles. The molecule has 3 N–H and O–H groups in total. The fraction of sp³-hybridized carbons (Fsp3) is 0.0588. The lowest BCUT2D eigenvalue weighted by Gasteiger charge is -2.17. The van der Waals surface area contributed by atoms with Crippen LogP contribution >= 0.6 is 11.6 Å². The molecule has 0 heterocycles. The summed E-state index contributed by atoms with van der Waals surface area (Å²) in [6.45, 7) is 0. The van der Waals surface area contributed by atoms with Crippen LogP contribution in [0.4, 0.5) is 0 Å². The Labute approximate surface area is 123 Å². The molecule has 0 fully saturated rings. The van der Waals surface area contributed by atoms with E-state index in [9.17, 15) is 0 Å². The predicted molar refractivity (Wildman–Crippen MR) is 84.6 cm³/mol. The number of benzene rings is 3. The molecule has 20 heavy (non-hydrogen) atoms. The molecule has 0 spiro atoms. The number of halogens is 1. The molecule has 1 unspecified atom stereocenters. The molecule has 3 aromatic rings. The molecule has 3 aromatic carbocycles. The van der Waals surface area contributed by atoms with E-state index in [0.29, 0.717) is 5.02 Å². The summed E-state index contributed by atoms with van der Waals surface area (Å²) in [5, 5.41) is 3.13. The maximum absolute atomic E-state index is 6.06. The van der Waals surface area contributed by atoms with E-state index in [-0.39, 0.29) is 6.04 Å². The molecule has 0 amide bonds. The first-order valence-corrected chi connectivity index (χ1v) is 6.86. The third kappa shape index (κ3) is 2.54. The number of rotatable bonds is 3. The summed E-state index contributed by atoms with van der Waals surface area (Å²) in [5.41, 5.74) is 5.04. The predicted octanol–water partition coefficient (Wildman–Crippen LogP) is 4.05. The maximum Gasteiger partial charge on any atom is 0.0710 e. The summed E-state index contributed by atoms with van der Waals surface area (Å²) in [4.78, 5) is 0. The van der Waals surface area contributed by atoms with Crippen LogP contribution in [0.5, 0.6) is 0 Å². The van der Waals surface area contributed by atoms with Gasteiger partial charge in [-0.3, -0.25) is 5.84 Å². The van der Waals surface area contributed by atoms with Crippen molar-refractivity contribution in [2.24, 2.45) is 5.84 Å². The number of nitrogens with two attached hydrogens (primary N) is 1. The van der Waals surface area contributed by atoms with Crippen molar-refractivity contribution in [2.75, 3.05) is 0 Å². The molecule has 100 valence electrons. The minimum Gasteiger partial charge on any atom is -0.271 e. The standard InChI is InChI=1S/C17H15ClN2/c18-16-7-3-6-14(11-16)17(20-19)15-9-8-12-4-1-2-5-13(12)10-15/h1-11,17,20H,19H2. The first kappa shape index (κ1) is 13.1. The quantitative estimate of drug-likeness (QED) is 0.562. The second kappa shape index (κ2) is 5.63. The second-order valence-corrected chi connectivity index (χ2v) is 5.20. The Balaban J connectivity index is 2.07. The van der Waals surface area contributed by atoms with Gasteiger partial charge in [-0.2, -0.15) is 0 Å². The molecule has 1 atom stereocenters. The topological polar surface area (TPSA) is 38.0 Å². The second-order valence-electron chi connectivity index (χ2n) is 4.76. The molecule has 3 heteroatoms. The highest BCUT2D eigenvalue weighted by Crippen LogP contribution is 2.26. The number of nitrogens with one attached hydrogen (secondary N) is 1. The maximum atomic E-state index is 6.06. The Bertz CT molecular complexity index is 740. The number of hydrazine groups is 1. The van der Waals surface area contributed by atoms with Crippen molar-refractivity contribution in [2.45, 2.75) is 6.04 Å². The van der Waals surface area contributed by atoms with Gasteiger partial charge in [-0.15, -0.1) is 0 Å². The molecule has 0 radical (unpaired) electrons. The average Bonchev–Trinajstić information content (AvgIpc) is 2.48. The molecule has 0 saturated heterocycles. The Morgan fingerprint density at radius 1 is 0.800 bits per heavy atom. The van der Waals surface area contributed by atoms with Gasteiger partial charge in [0.2, 0.25) is 0 Å². The fourth-order valence-corrected chi connectivity index (χ4v) is 2.66. The van der Waals surface area contributed by atoms with Crippen LogP contribution in [0.3, 0.4) is 0 Å². The van der Waals surface area contributed by atoms with E-state index in [1.54, 1.807) is 0 Å². The van der Waals surface area contributed by atoms with E-state index in [1.165, 1.54) is 10.8 Å². The van der Waals surface area contributed by atoms with Gasteiger partial charge in [0.05, 0.1) is 6.04 Å². The van der Waals surface area contributed by atoms with Gasteiger partial charge >= 0.3 is 0 Å². The van der Waals surface area contributed by atoms with Crippen LogP contribution in [0.1, 0.15) is 17.2 Å². The van der Waals surface area contributed by atoms with Crippen LogP contribution < -0.4 is 11.3 Å². The van der Waals surface area contributed by atoms with Gasteiger partial charge in [-0.05, 0) is 40.1 Å². The van der Waals surface area contributed by atoms with Crippen molar-refractivity contribution in [3.63, 3.8) is 0 Å². The highest BCUT2D eigenvalue weighted by Gasteiger charge is 2.12. The molecule has 0 aliphatic rings. The van der Waals surface area contributed by atoms with Crippen LogP contribution in [0, 0.1) is 0 Å². The first-order valence-electron chi connectivity index (χ1n) is 6.48.